The second-order valence-corrected chi connectivity index (χ2v) is 8.42. The average Bonchev–Trinajstić information content (AvgIpc) is 2.28. The molecule has 1 aliphatic heterocycles. The summed E-state index contributed by atoms with van der Waals surface area (Å²) in [6.45, 7) is -1.16. The molecule has 0 aromatic heterocycles. The molecule has 1 atom stereocenters. The normalized spacial score (nSPS) is 24.4. The van der Waals surface area contributed by atoms with Gasteiger partial charge in [-0.05, 0) is 17.6 Å². The van der Waals surface area contributed by atoms with Crippen LogP contribution in [0.5, 0.6) is 0 Å². The van der Waals surface area contributed by atoms with E-state index in [0.29, 0.717) is 26.3 Å². The second-order valence-electron chi connectivity index (χ2n) is 3.12. The quantitative estimate of drug-likeness (QED) is 0.364. The molecule has 0 bridgehead atoms. The summed E-state index contributed by atoms with van der Waals surface area (Å²) in [6, 6.07) is 0. The molecule has 0 amide bonds. The Morgan fingerprint density at radius 3 is 2.47 bits per heavy atom. The van der Waals surface area contributed by atoms with Gasteiger partial charge in [0.05, 0.1) is 18.4 Å². The zero-order chi connectivity index (χ0) is 11.5. The van der Waals surface area contributed by atoms with Crippen LogP contribution in [0.2, 0.25) is 0 Å². The third-order valence-electron chi connectivity index (χ3n) is 2.52. The van der Waals surface area contributed by atoms with Crippen LogP contribution in [0.25, 0.3) is 0 Å². The number of quaternary nitrogens is 1. The van der Waals surface area contributed by atoms with Crippen molar-refractivity contribution in [2.45, 2.75) is 0 Å². The molecule has 0 aromatic rings. The zero-order valence-corrected chi connectivity index (χ0v) is 11.3. The minimum atomic E-state index is -3.00. The summed E-state index contributed by atoms with van der Waals surface area (Å²) in [4.78, 5) is 0. The molecule has 1 aliphatic rings. The van der Waals surface area contributed by atoms with Gasteiger partial charge in [-0.25, -0.2) is 8.82 Å². The Morgan fingerprint density at radius 1 is 1.60 bits per heavy atom. The number of morpholine rings is 1. The highest BCUT2D eigenvalue weighted by Gasteiger charge is 2.49. The number of rotatable bonds is 3. The average molecular weight is 270 g/mol. The fourth-order valence-electron chi connectivity index (χ4n) is 1.59. The highest BCUT2D eigenvalue weighted by atomic mass is 32.7. The molecule has 0 radical (unpaired) electrons. The van der Waals surface area contributed by atoms with Crippen molar-refractivity contribution in [3.05, 3.63) is 0 Å². The van der Waals surface area contributed by atoms with Crippen LogP contribution in [0, 0.1) is 5.41 Å². The minimum absolute atomic E-state index is 0.0298. The van der Waals surface area contributed by atoms with E-state index in [9.17, 15) is 4.57 Å². The van der Waals surface area contributed by atoms with Crippen molar-refractivity contribution in [2.24, 2.45) is 0 Å². The number of nitrogens with zero attached hydrogens (tertiary/aromatic N) is 1. The van der Waals surface area contributed by atoms with E-state index in [-0.39, 0.29) is 9.42 Å². The molecule has 1 N–H and O–H groups in total. The molecule has 1 saturated heterocycles. The standard InChI is InChI=1S/C7H15N2O3PS2/c1-11-13(10,15-2)9(7(8)14)3-5-12-6-4-9/h3-6H2,1-2H3,(H-,8,14). The van der Waals surface area contributed by atoms with Crippen molar-refractivity contribution >= 4 is 35.9 Å². The largest absolute Gasteiger partial charge is 0.700 e. The van der Waals surface area contributed by atoms with E-state index in [1.165, 1.54) is 7.11 Å². The van der Waals surface area contributed by atoms with Gasteiger partial charge in [0.1, 0.15) is 13.1 Å². The SMILES string of the molecule is COP(=O)(SC)[N+]1(C(=N)[S-])CCOCC1. The maximum Gasteiger partial charge on any atom is 0.445 e. The van der Waals surface area contributed by atoms with Gasteiger partial charge in [0.2, 0.25) is 0 Å². The molecule has 88 valence electrons. The van der Waals surface area contributed by atoms with Crippen LogP contribution in [-0.4, -0.2) is 49.1 Å². The van der Waals surface area contributed by atoms with Gasteiger partial charge in [0.25, 0.3) is 0 Å². The fourth-order valence-corrected chi connectivity index (χ4v) is 6.02. The smallest absolute Gasteiger partial charge is 0.445 e. The molecule has 8 heteroatoms. The number of hydrogen-bond donors (Lipinski definition) is 1. The Labute approximate surface area is 99.3 Å². The monoisotopic (exact) mass is 270 g/mol. The first kappa shape index (κ1) is 13.4. The van der Waals surface area contributed by atoms with Crippen molar-refractivity contribution in [1.82, 2.24) is 0 Å². The Bertz CT molecular complexity index is 286. The Balaban J connectivity index is 3.09. The van der Waals surface area contributed by atoms with E-state index < -0.39 is 6.72 Å². The third-order valence-corrected chi connectivity index (χ3v) is 8.23. The molecule has 1 heterocycles. The first-order valence-electron chi connectivity index (χ1n) is 4.45. The summed E-state index contributed by atoms with van der Waals surface area (Å²) in [5.74, 6) is 0. The lowest BCUT2D eigenvalue weighted by Crippen LogP contribution is -2.54. The minimum Gasteiger partial charge on any atom is -0.700 e. The predicted molar refractivity (Wildman–Crippen MR) is 64.0 cm³/mol. The second kappa shape index (κ2) is 5.12. The maximum atomic E-state index is 12.5. The van der Waals surface area contributed by atoms with Crippen LogP contribution < -0.4 is 0 Å². The van der Waals surface area contributed by atoms with E-state index in [2.05, 4.69) is 0 Å². The fraction of sp³-hybridized carbons (Fsp3) is 0.857. The Hall–Kier alpha value is 0.350. The van der Waals surface area contributed by atoms with E-state index in [0.717, 1.165) is 11.4 Å². The summed E-state index contributed by atoms with van der Waals surface area (Å²) in [6.07, 6.45) is 1.72. The van der Waals surface area contributed by atoms with Crippen molar-refractivity contribution in [3.8, 4) is 0 Å². The van der Waals surface area contributed by atoms with Gasteiger partial charge in [-0.2, -0.15) is 0 Å². The van der Waals surface area contributed by atoms with Crippen LogP contribution in [0.1, 0.15) is 0 Å². The summed E-state index contributed by atoms with van der Waals surface area (Å²) >= 11 is 6.07. The molecule has 0 aromatic carbocycles. The van der Waals surface area contributed by atoms with Crippen LogP contribution in [0.3, 0.4) is 0 Å². The van der Waals surface area contributed by atoms with E-state index in [1.54, 1.807) is 6.26 Å². The number of nitrogens with one attached hydrogen (secondary N) is 1. The van der Waals surface area contributed by atoms with Gasteiger partial charge in [-0.3, -0.25) is 9.93 Å². The highest BCUT2D eigenvalue weighted by molar-refractivity contribution is 8.54. The van der Waals surface area contributed by atoms with E-state index in [4.69, 9.17) is 27.3 Å². The Morgan fingerprint density at radius 2 is 2.13 bits per heavy atom. The molecule has 15 heavy (non-hydrogen) atoms. The maximum absolute atomic E-state index is 12.5. The molecular weight excluding hydrogens is 255 g/mol. The lowest BCUT2D eigenvalue weighted by atomic mass is 10.5. The summed E-state index contributed by atoms with van der Waals surface area (Å²) in [5.41, 5.74) is 0. The first-order chi connectivity index (χ1) is 7.02. The van der Waals surface area contributed by atoms with Gasteiger partial charge >= 0.3 is 6.72 Å². The third kappa shape index (κ3) is 2.23. The van der Waals surface area contributed by atoms with Gasteiger partial charge in [-0.1, -0.05) is 0 Å². The van der Waals surface area contributed by atoms with Crippen molar-refractivity contribution < 1.29 is 18.1 Å². The zero-order valence-electron chi connectivity index (χ0n) is 8.76. The van der Waals surface area contributed by atoms with Crippen molar-refractivity contribution in [3.63, 3.8) is 0 Å². The number of ether oxygens (including phenoxy) is 1. The van der Waals surface area contributed by atoms with Crippen LogP contribution in [0.4, 0.5) is 0 Å². The van der Waals surface area contributed by atoms with Crippen molar-refractivity contribution in [2.75, 3.05) is 39.7 Å². The van der Waals surface area contributed by atoms with E-state index in [1.807, 2.05) is 0 Å². The topological polar surface area (TPSA) is 59.4 Å². The molecular formula is C7H15N2O3PS2. The molecule has 1 unspecified atom stereocenters. The van der Waals surface area contributed by atoms with Crippen LogP contribution in [-0.2, 0) is 26.5 Å². The predicted octanol–water partition coefficient (Wildman–Crippen LogP) is 1.43. The molecule has 5 nitrogen and oxygen atoms in total. The summed E-state index contributed by atoms with van der Waals surface area (Å²) < 4.78 is 22.8. The van der Waals surface area contributed by atoms with Crippen LogP contribution >= 0.6 is 18.1 Å². The lowest BCUT2D eigenvalue weighted by molar-refractivity contribution is -0.730. The van der Waals surface area contributed by atoms with Crippen LogP contribution in [0.15, 0.2) is 0 Å². The number of hydrogen-bond acceptors (Lipinski definition) is 6. The number of amidine groups is 1. The molecule has 0 saturated carbocycles. The Kier molecular flexibility index (Phi) is 4.58. The molecule has 0 aliphatic carbocycles. The van der Waals surface area contributed by atoms with Crippen molar-refractivity contribution in [1.29, 1.82) is 5.41 Å². The first-order valence-corrected chi connectivity index (χ1v) is 8.27. The van der Waals surface area contributed by atoms with Gasteiger partial charge in [-0.15, -0.1) is 0 Å². The van der Waals surface area contributed by atoms with Gasteiger partial charge < -0.3 is 17.4 Å². The lowest BCUT2D eigenvalue weighted by Gasteiger charge is -2.45. The molecule has 0 spiro atoms. The molecule has 1 fully saturated rings. The van der Waals surface area contributed by atoms with E-state index >= 15 is 0 Å². The summed E-state index contributed by atoms with van der Waals surface area (Å²) in [5, 5.41) is 7.64. The molecule has 1 rings (SSSR count). The van der Waals surface area contributed by atoms with Gasteiger partial charge in [0, 0.05) is 7.11 Å². The highest BCUT2D eigenvalue weighted by Crippen LogP contribution is 2.66. The summed E-state index contributed by atoms with van der Waals surface area (Å²) in [7, 11) is 1.41. The van der Waals surface area contributed by atoms with Gasteiger partial charge in [0.15, 0.2) is 0 Å².